The second-order valence-corrected chi connectivity index (χ2v) is 7.95. The Bertz CT molecular complexity index is 970. The van der Waals surface area contributed by atoms with Crippen LogP contribution in [-0.2, 0) is 9.59 Å². The minimum Gasteiger partial charge on any atom is -0.507 e. The van der Waals surface area contributed by atoms with Gasteiger partial charge in [0, 0.05) is 11.6 Å². The number of carbonyl (C=O) groups excluding carboxylic acids is 2. The summed E-state index contributed by atoms with van der Waals surface area (Å²) in [4.78, 5) is 27.4. The Morgan fingerprint density at radius 3 is 2.41 bits per heavy atom. The minimum atomic E-state index is -0.798. The topological polar surface area (TPSA) is 80.0 Å². The number of likely N-dealkylation sites (tertiary alicyclic amines) is 1. The number of methoxy groups -OCH3 is 1. The van der Waals surface area contributed by atoms with E-state index in [4.69, 9.17) is 32.4 Å². The van der Waals surface area contributed by atoms with Gasteiger partial charge < -0.3 is 19.2 Å². The largest absolute Gasteiger partial charge is 0.507 e. The van der Waals surface area contributed by atoms with E-state index in [0.717, 1.165) is 25.7 Å². The van der Waals surface area contributed by atoms with Gasteiger partial charge in [0.15, 0.2) is 5.75 Å². The van der Waals surface area contributed by atoms with Gasteiger partial charge in [-0.2, -0.15) is 0 Å². The number of hydrogen-bond donors (Lipinski definition) is 1. The van der Waals surface area contributed by atoms with Crippen LogP contribution in [0.1, 0.15) is 43.0 Å². The second kappa shape index (κ2) is 7.76. The highest BCUT2D eigenvalue weighted by atomic mass is 35.5. The van der Waals surface area contributed by atoms with Gasteiger partial charge in [0.1, 0.15) is 17.6 Å². The van der Waals surface area contributed by atoms with Crippen molar-refractivity contribution in [3.05, 3.63) is 57.5 Å². The van der Waals surface area contributed by atoms with Crippen LogP contribution in [-0.4, -0.2) is 34.8 Å². The molecule has 1 amide bonds. The third-order valence-corrected chi connectivity index (χ3v) is 6.05. The molecule has 152 valence electrons. The van der Waals surface area contributed by atoms with Gasteiger partial charge in [0.25, 0.3) is 11.7 Å². The standard InChI is InChI=1S/C21H19Cl2NO5/c1-28-20-13(22)9-11(10-14(20)23)18(25)16-17(15-7-4-8-29-15)24(21(27)19(16)26)12-5-2-3-6-12/h4,7-10,12,17,25H,2-3,5-6H2,1H3/b18-16-. The van der Waals surface area contributed by atoms with Crippen LogP contribution < -0.4 is 4.74 Å². The van der Waals surface area contributed by atoms with Gasteiger partial charge in [-0.3, -0.25) is 9.59 Å². The number of aliphatic hydroxyl groups is 1. The summed E-state index contributed by atoms with van der Waals surface area (Å²) in [6, 6.07) is 5.40. The predicted octanol–water partition coefficient (Wildman–Crippen LogP) is 4.96. The number of ether oxygens (including phenoxy) is 1. The highest BCUT2D eigenvalue weighted by Gasteiger charge is 2.50. The van der Waals surface area contributed by atoms with E-state index in [-0.39, 0.29) is 38.7 Å². The van der Waals surface area contributed by atoms with E-state index < -0.39 is 17.7 Å². The van der Waals surface area contributed by atoms with Crippen LogP contribution in [0.25, 0.3) is 5.76 Å². The third kappa shape index (κ3) is 3.30. The molecule has 2 heterocycles. The average molecular weight is 436 g/mol. The molecule has 1 aliphatic carbocycles. The van der Waals surface area contributed by atoms with E-state index in [0.29, 0.717) is 5.76 Å². The monoisotopic (exact) mass is 435 g/mol. The molecule has 0 spiro atoms. The van der Waals surface area contributed by atoms with Gasteiger partial charge in [-0.15, -0.1) is 0 Å². The Balaban J connectivity index is 1.88. The van der Waals surface area contributed by atoms with Gasteiger partial charge in [-0.25, -0.2) is 0 Å². The van der Waals surface area contributed by atoms with Crippen LogP contribution in [0.5, 0.6) is 5.75 Å². The number of hydrogen-bond acceptors (Lipinski definition) is 5. The Morgan fingerprint density at radius 2 is 1.86 bits per heavy atom. The zero-order valence-corrected chi connectivity index (χ0v) is 17.2. The summed E-state index contributed by atoms with van der Waals surface area (Å²) in [7, 11) is 1.43. The summed E-state index contributed by atoms with van der Waals surface area (Å²) in [5, 5.41) is 11.4. The molecule has 6 nitrogen and oxygen atoms in total. The molecule has 8 heteroatoms. The van der Waals surface area contributed by atoms with Crippen LogP contribution in [0.4, 0.5) is 0 Å². The fraction of sp³-hybridized carbons (Fsp3) is 0.333. The molecule has 1 aliphatic heterocycles. The molecule has 29 heavy (non-hydrogen) atoms. The highest BCUT2D eigenvalue weighted by Crippen LogP contribution is 2.44. The lowest BCUT2D eigenvalue weighted by molar-refractivity contribution is -0.141. The number of rotatable bonds is 4. The van der Waals surface area contributed by atoms with E-state index in [1.165, 1.54) is 25.5 Å². The lowest BCUT2D eigenvalue weighted by Crippen LogP contribution is -2.37. The number of amides is 1. The van der Waals surface area contributed by atoms with E-state index in [1.807, 2.05) is 0 Å². The van der Waals surface area contributed by atoms with Crippen molar-refractivity contribution in [1.29, 1.82) is 0 Å². The van der Waals surface area contributed by atoms with Crippen molar-refractivity contribution in [1.82, 2.24) is 4.90 Å². The Morgan fingerprint density at radius 1 is 1.21 bits per heavy atom. The molecule has 1 atom stereocenters. The van der Waals surface area contributed by atoms with Crippen LogP contribution >= 0.6 is 23.2 Å². The molecule has 1 saturated carbocycles. The minimum absolute atomic E-state index is 0.0332. The molecular weight excluding hydrogens is 417 g/mol. The van der Waals surface area contributed by atoms with Crippen molar-refractivity contribution in [2.75, 3.05) is 7.11 Å². The number of ketones is 1. The summed E-state index contributed by atoms with van der Waals surface area (Å²) in [5.74, 6) is -1.05. The normalized spacial score (nSPS) is 21.9. The smallest absolute Gasteiger partial charge is 0.296 e. The zero-order chi connectivity index (χ0) is 20.7. The summed E-state index contributed by atoms with van der Waals surface area (Å²) >= 11 is 12.4. The molecular formula is C21H19Cl2NO5. The maximum atomic E-state index is 12.9. The predicted molar refractivity (Wildman–Crippen MR) is 108 cm³/mol. The second-order valence-electron chi connectivity index (χ2n) is 7.13. The van der Waals surface area contributed by atoms with Crippen LogP contribution in [0.2, 0.25) is 10.0 Å². The summed E-state index contributed by atoms with van der Waals surface area (Å²) in [6.07, 6.45) is 5.07. The number of benzene rings is 1. The number of furan rings is 1. The molecule has 1 aromatic carbocycles. The number of halogens is 2. The molecule has 0 bridgehead atoms. The quantitative estimate of drug-likeness (QED) is 0.416. The molecule has 2 aliphatic rings. The van der Waals surface area contributed by atoms with E-state index in [1.54, 1.807) is 17.0 Å². The Hall–Kier alpha value is -2.44. The van der Waals surface area contributed by atoms with E-state index >= 15 is 0 Å². The lowest BCUT2D eigenvalue weighted by atomic mass is 9.98. The van der Waals surface area contributed by atoms with Crippen molar-refractivity contribution >= 4 is 40.7 Å². The van der Waals surface area contributed by atoms with Gasteiger partial charge in [-0.1, -0.05) is 36.0 Å². The third-order valence-electron chi connectivity index (χ3n) is 5.49. The molecule has 1 saturated heterocycles. The summed E-state index contributed by atoms with van der Waals surface area (Å²) < 4.78 is 10.7. The lowest BCUT2D eigenvalue weighted by Gasteiger charge is -2.29. The Kier molecular flexibility index (Phi) is 5.32. The van der Waals surface area contributed by atoms with Crippen LogP contribution in [0.15, 0.2) is 40.5 Å². The van der Waals surface area contributed by atoms with Crippen molar-refractivity contribution in [3.63, 3.8) is 0 Å². The maximum absolute atomic E-state index is 12.9. The fourth-order valence-electron chi connectivity index (χ4n) is 4.18. The van der Waals surface area contributed by atoms with Gasteiger partial charge in [0.2, 0.25) is 0 Å². The van der Waals surface area contributed by atoms with Gasteiger partial charge >= 0.3 is 0 Å². The van der Waals surface area contributed by atoms with Crippen molar-refractivity contribution in [2.24, 2.45) is 0 Å². The number of carbonyl (C=O) groups is 2. The Labute approximate surface area is 177 Å². The van der Waals surface area contributed by atoms with Crippen molar-refractivity contribution < 1.29 is 23.8 Å². The van der Waals surface area contributed by atoms with Crippen molar-refractivity contribution in [2.45, 2.75) is 37.8 Å². The summed E-state index contributed by atoms with van der Waals surface area (Å²) in [5.41, 5.74) is 0.191. The molecule has 0 radical (unpaired) electrons. The first-order chi connectivity index (χ1) is 13.9. The van der Waals surface area contributed by atoms with Gasteiger partial charge in [-0.05, 0) is 37.1 Å². The van der Waals surface area contributed by atoms with E-state index in [2.05, 4.69) is 0 Å². The fourth-order valence-corrected chi connectivity index (χ4v) is 4.82. The van der Waals surface area contributed by atoms with Crippen LogP contribution in [0, 0.1) is 0 Å². The number of aliphatic hydroxyl groups excluding tert-OH is 1. The van der Waals surface area contributed by atoms with E-state index in [9.17, 15) is 14.7 Å². The molecule has 1 aromatic heterocycles. The molecule has 2 fully saturated rings. The van der Waals surface area contributed by atoms with Crippen molar-refractivity contribution in [3.8, 4) is 5.75 Å². The first-order valence-corrected chi connectivity index (χ1v) is 10.1. The highest BCUT2D eigenvalue weighted by molar-refractivity contribution is 6.46. The maximum Gasteiger partial charge on any atom is 0.296 e. The molecule has 4 rings (SSSR count). The van der Waals surface area contributed by atoms with Crippen LogP contribution in [0.3, 0.4) is 0 Å². The summed E-state index contributed by atoms with van der Waals surface area (Å²) in [6.45, 7) is 0. The first-order valence-electron chi connectivity index (χ1n) is 9.31. The molecule has 1 unspecified atom stereocenters. The molecule has 2 aromatic rings. The SMILES string of the molecule is COc1c(Cl)cc(/C(O)=C2/C(=O)C(=O)N(C3CCCC3)C2c2ccco2)cc1Cl. The number of nitrogens with zero attached hydrogens (tertiary/aromatic N) is 1. The molecule has 1 N–H and O–H groups in total. The zero-order valence-electron chi connectivity index (χ0n) is 15.7. The number of Topliss-reactive ketones (excluding diaryl/α,β-unsaturated/α-hetero) is 1. The first kappa shape index (κ1) is 19.9. The average Bonchev–Trinajstić information content (AvgIpc) is 3.43. The van der Waals surface area contributed by atoms with Gasteiger partial charge in [0.05, 0.1) is 29.0 Å².